The number of ether oxygens (including phenoxy) is 1. The molecule has 0 heterocycles. The molecule has 0 saturated heterocycles. The van der Waals surface area contributed by atoms with E-state index in [2.05, 4.69) is 0 Å². The second kappa shape index (κ2) is 7.30. The van der Waals surface area contributed by atoms with Crippen molar-refractivity contribution >= 4 is 11.9 Å². The van der Waals surface area contributed by atoms with Gasteiger partial charge in [0.25, 0.3) is 0 Å². The number of esters is 1. The molecular formula is C13H22O4. The summed E-state index contributed by atoms with van der Waals surface area (Å²) >= 11 is 0. The van der Waals surface area contributed by atoms with E-state index in [1.54, 1.807) is 0 Å². The van der Waals surface area contributed by atoms with Crippen LogP contribution in [0.25, 0.3) is 0 Å². The third-order valence-corrected chi connectivity index (χ3v) is 3.40. The molecule has 0 aromatic carbocycles. The summed E-state index contributed by atoms with van der Waals surface area (Å²) in [6.07, 6.45) is 6.62. The zero-order valence-electron chi connectivity index (χ0n) is 10.5. The van der Waals surface area contributed by atoms with E-state index in [9.17, 15) is 9.59 Å². The number of hydrogen-bond acceptors (Lipinski definition) is 3. The lowest BCUT2D eigenvalue weighted by Gasteiger charge is -2.29. The minimum Gasteiger partial charge on any atom is -0.481 e. The molecule has 1 aliphatic rings. The molecule has 0 amide bonds. The number of carboxylic acids is 1. The molecule has 0 aliphatic heterocycles. The molecule has 1 N–H and O–H groups in total. The van der Waals surface area contributed by atoms with Gasteiger partial charge in [-0.05, 0) is 25.2 Å². The second-order valence-corrected chi connectivity index (χ2v) is 4.73. The third-order valence-electron chi connectivity index (χ3n) is 3.40. The van der Waals surface area contributed by atoms with Crippen molar-refractivity contribution in [3.8, 4) is 0 Å². The van der Waals surface area contributed by atoms with Gasteiger partial charge in [0.15, 0.2) is 0 Å². The van der Waals surface area contributed by atoms with Crippen LogP contribution in [0.4, 0.5) is 0 Å². The number of carbonyl (C=O) groups excluding carboxylic acids is 1. The molecule has 0 aromatic heterocycles. The number of hydrogen-bond donors (Lipinski definition) is 1. The van der Waals surface area contributed by atoms with Crippen molar-refractivity contribution in [3.63, 3.8) is 0 Å². The molecule has 4 heteroatoms. The topological polar surface area (TPSA) is 63.6 Å². The predicted octanol–water partition coefficient (Wildman–Crippen LogP) is 2.75. The van der Waals surface area contributed by atoms with Crippen molar-refractivity contribution in [3.05, 3.63) is 0 Å². The monoisotopic (exact) mass is 242 g/mol. The summed E-state index contributed by atoms with van der Waals surface area (Å²) < 4.78 is 5.39. The minimum absolute atomic E-state index is 0.0153. The zero-order chi connectivity index (χ0) is 12.7. The van der Waals surface area contributed by atoms with Crippen LogP contribution in [0, 0.1) is 5.92 Å². The molecule has 98 valence electrons. The van der Waals surface area contributed by atoms with Crippen molar-refractivity contribution < 1.29 is 19.4 Å². The van der Waals surface area contributed by atoms with E-state index in [-0.39, 0.29) is 24.9 Å². The van der Waals surface area contributed by atoms with Gasteiger partial charge in [0, 0.05) is 0 Å². The Bertz CT molecular complexity index is 256. The summed E-state index contributed by atoms with van der Waals surface area (Å²) in [7, 11) is 0. The predicted molar refractivity (Wildman–Crippen MR) is 63.6 cm³/mol. The van der Waals surface area contributed by atoms with E-state index >= 15 is 0 Å². The van der Waals surface area contributed by atoms with E-state index in [1.807, 2.05) is 6.92 Å². The zero-order valence-corrected chi connectivity index (χ0v) is 10.5. The number of carboxylic acid groups (broad SMARTS) is 1. The Morgan fingerprint density at radius 2 is 1.88 bits per heavy atom. The average molecular weight is 242 g/mol. The first-order valence-corrected chi connectivity index (χ1v) is 6.54. The maximum absolute atomic E-state index is 11.5. The fraction of sp³-hybridized carbons (Fsp3) is 0.846. The first-order valence-electron chi connectivity index (χ1n) is 6.54. The summed E-state index contributed by atoms with van der Waals surface area (Å²) in [6, 6.07) is 0. The third kappa shape index (κ3) is 5.20. The van der Waals surface area contributed by atoms with E-state index in [0.29, 0.717) is 5.92 Å². The fourth-order valence-electron chi connectivity index (χ4n) is 2.46. The molecule has 1 unspecified atom stereocenters. The quantitative estimate of drug-likeness (QED) is 0.727. The second-order valence-electron chi connectivity index (χ2n) is 4.73. The number of aliphatic carboxylic acids is 1. The first-order chi connectivity index (χ1) is 8.13. The Labute approximate surface area is 102 Å². The lowest BCUT2D eigenvalue weighted by Crippen LogP contribution is -2.28. The summed E-state index contributed by atoms with van der Waals surface area (Å²) in [4.78, 5) is 21.8. The largest absolute Gasteiger partial charge is 0.481 e. The Hall–Kier alpha value is -1.06. The molecule has 0 bridgehead atoms. The molecule has 1 fully saturated rings. The van der Waals surface area contributed by atoms with E-state index in [1.165, 1.54) is 19.3 Å². The molecule has 4 nitrogen and oxygen atoms in total. The van der Waals surface area contributed by atoms with Gasteiger partial charge >= 0.3 is 11.9 Å². The van der Waals surface area contributed by atoms with Crippen LogP contribution in [0.2, 0.25) is 0 Å². The van der Waals surface area contributed by atoms with Crippen molar-refractivity contribution in [2.24, 2.45) is 5.92 Å². The molecule has 1 atom stereocenters. The fourth-order valence-corrected chi connectivity index (χ4v) is 2.46. The maximum Gasteiger partial charge on any atom is 0.306 e. The number of carbonyl (C=O) groups is 2. The highest BCUT2D eigenvalue weighted by molar-refractivity contribution is 5.76. The normalized spacial score (nSPS) is 18.6. The maximum atomic E-state index is 11.5. The van der Waals surface area contributed by atoms with Gasteiger partial charge in [-0.2, -0.15) is 0 Å². The molecular weight excluding hydrogens is 220 g/mol. The van der Waals surface area contributed by atoms with E-state index in [0.717, 1.165) is 19.3 Å². The highest BCUT2D eigenvalue weighted by Crippen LogP contribution is 2.29. The molecule has 0 radical (unpaired) electrons. The average Bonchev–Trinajstić information content (AvgIpc) is 2.34. The van der Waals surface area contributed by atoms with Crippen LogP contribution in [0.15, 0.2) is 0 Å². The Balaban J connectivity index is 2.34. The van der Waals surface area contributed by atoms with Crippen LogP contribution in [-0.4, -0.2) is 23.1 Å². The molecule has 1 aliphatic carbocycles. The lowest BCUT2D eigenvalue weighted by molar-refractivity contribution is -0.155. The van der Waals surface area contributed by atoms with Gasteiger partial charge in [-0.3, -0.25) is 9.59 Å². The highest BCUT2D eigenvalue weighted by Gasteiger charge is 2.25. The van der Waals surface area contributed by atoms with E-state index < -0.39 is 5.97 Å². The minimum atomic E-state index is -0.951. The molecule has 17 heavy (non-hydrogen) atoms. The SMILES string of the molecule is CCC(OC(=O)CCC(=O)O)C1CCCCC1. The van der Waals surface area contributed by atoms with Gasteiger partial charge in [0.1, 0.15) is 6.10 Å². The summed E-state index contributed by atoms with van der Waals surface area (Å²) in [5.41, 5.74) is 0. The van der Waals surface area contributed by atoms with Crippen molar-refractivity contribution in [1.82, 2.24) is 0 Å². The van der Waals surface area contributed by atoms with Crippen LogP contribution in [0.5, 0.6) is 0 Å². The van der Waals surface area contributed by atoms with Gasteiger partial charge in [-0.1, -0.05) is 26.2 Å². The van der Waals surface area contributed by atoms with Crippen molar-refractivity contribution in [1.29, 1.82) is 0 Å². The Kier molecular flexibility index (Phi) is 6.01. The van der Waals surface area contributed by atoms with Gasteiger partial charge in [0.05, 0.1) is 12.8 Å². The standard InChI is InChI=1S/C13H22O4/c1-2-11(10-6-4-3-5-7-10)17-13(16)9-8-12(14)15/h10-11H,2-9H2,1H3,(H,14,15). The Morgan fingerprint density at radius 3 is 2.41 bits per heavy atom. The van der Waals surface area contributed by atoms with Gasteiger partial charge in [-0.15, -0.1) is 0 Å². The van der Waals surface area contributed by atoms with Crippen molar-refractivity contribution in [2.75, 3.05) is 0 Å². The van der Waals surface area contributed by atoms with Gasteiger partial charge in [-0.25, -0.2) is 0 Å². The van der Waals surface area contributed by atoms with Crippen LogP contribution >= 0.6 is 0 Å². The smallest absolute Gasteiger partial charge is 0.306 e. The van der Waals surface area contributed by atoms with Crippen LogP contribution < -0.4 is 0 Å². The summed E-state index contributed by atoms with van der Waals surface area (Å²) in [6.45, 7) is 2.02. The molecule has 1 saturated carbocycles. The van der Waals surface area contributed by atoms with Gasteiger partial charge in [0.2, 0.25) is 0 Å². The first kappa shape index (κ1) is 14.0. The van der Waals surface area contributed by atoms with Gasteiger partial charge < -0.3 is 9.84 Å². The van der Waals surface area contributed by atoms with Crippen LogP contribution in [-0.2, 0) is 14.3 Å². The lowest BCUT2D eigenvalue weighted by atomic mass is 9.84. The molecule has 0 spiro atoms. The summed E-state index contributed by atoms with van der Waals surface area (Å²) in [5.74, 6) is -0.847. The Morgan fingerprint density at radius 1 is 1.24 bits per heavy atom. The molecule has 1 rings (SSSR count). The van der Waals surface area contributed by atoms with Crippen LogP contribution in [0.1, 0.15) is 58.3 Å². The summed E-state index contributed by atoms with van der Waals surface area (Å²) in [5, 5.41) is 8.49. The van der Waals surface area contributed by atoms with Crippen LogP contribution in [0.3, 0.4) is 0 Å². The van der Waals surface area contributed by atoms with E-state index in [4.69, 9.17) is 9.84 Å². The highest BCUT2D eigenvalue weighted by atomic mass is 16.5. The van der Waals surface area contributed by atoms with Crippen molar-refractivity contribution in [2.45, 2.75) is 64.4 Å². The molecule has 0 aromatic rings. The number of rotatable bonds is 6.